The summed E-state index contributed by atoms with van der Waals surface area (Å²) in [6, 6.07) is 2.73. The standard InChI is InChI=1S/C29H38FN7O6/c1-8-17-14-29(17,25(40)41)32-23(38)20-13-19(37-34-22(33-35-37)16-9-11-18(30)12-10-16)15-36(20)24(39)21(27(2,3)4)31-26(42)43-28(5,6)7/h8-12,17,19-21H,1,13-15H2,2-7H3,(H,31,42)(H,32,38)(H,40,41). The fourth-order valence-electron chi connectivity index (χ4n) is 5.13. The second kappa shape index (κ2) is 11.4. The van der Waals surface area contributed by atoms with Crippen molar-refractivity contribution in [3.63, 3.8) is 0 Å². The highest BCUT2D eigenvalue weighted by Crippen LogP contribution is 2.45. The Hall–Kier alpha value is -4.36. The van der Waals surface area contributed by atoms with Crippen LogP contribution in [-0.4, -0.2) is 83.9 Å². The van der Waals surface area contributed by atoms with Crippen molar-refractivity contribution in [2.24, 2.45) is 11.3 Å². The number of carboxylic acids is 1. The van der Waals surface area contributed by atoms with Crippen LogP contribution >= 0.6 is 0 Å². The number of nitrogens with zero attached hydrogens (tertiary/aromatic N) is 5. The van der Waals surface area contributed by atoms with Gasteiger partial charge >= 0.3 is 12.1 Å². The van der Waals surface area contributed by atoms with Gasteiger partial charge in [-0.15, -0.1) is 16.8 Å². The Labute approximate surface area is 248 Å². The van der Waals surface area contributed by atoms with E-state index in [4.69, 9.17) is 4.74 Å². The van der Waals surface area contributed by atoms with Crippen LogP contribution in [0.15, 0.2) is 36.9 Å². The third-order valence-corrected chi connectivity index (χ3v) is 7.52. The normalized spacial score (nSPS) is 24.2. The molecule has 1 aliphatic carbocycles. The summed E-state index contributed by atoms with van der Waals surface area (Å²) in [4.78, 5) is 55.2. The minimum atomic E-state index is -1.51. The van der Waals surface area contributed by atoms with E-state index >= 15 is 0 Å². The second-order valence-corrected chi connectivity index (χ2v) is 13.1. The summed E-state index contributed by atoms with van der Waals surface area (Å²) in [6.45, 7) is 14.0. The largest absolute Gasteiger partial charge is 0.479 e. The van der Waals surface area contributed by atoms with E-state index in [1.54, 1.807) is 41.5 Å². The molecule has 5 unspecified atom stereocenters. The highest BCUT2D eigenvalue weighted by atomic mass is 19.1. The highest BCUT2D eigenvalue weighted by molar-refractivity contribution is 5.96. The van der Waals surface area contributed by atoms with Crippen molar-refractivity contribution in [1.29, 1.82) is 0 Å². The first-order valence-corrected chi connectivity index (χ1v) is 14.0. The lowest BCUT2D eigenvalue weighted by Gasteiger charge is -2.36. The molecule has 3 N–H and O–H groups in total. The van der Waals surface area contributed by atoms with Gasteiger partial charge in [0.1, 0.15) is 29.0 Å². The smallest absolute Gasteiger partial charge is 0.408 e. The molecule has 2 fully saturated rings. The molecule has 1 saturated heterocycles. The third-order valence-electron chi connectivity index (χ3n) is 7.52. The molecular formula is C29H38FN7O6. The van der Waals surface area contributed by atoms with E-state index in [9.17, 15) is 28.7 Å². The van der Waals surface area contributed by atoms with Gasteiger partial charge in [-0.05, 0) is 62.1 Å². The summed E-state index contributed by atoms with van der Waals surface area (Å²) in [7, 11) is 0. The van der Waals surface area contributed by atoms with Crippen LogP contribution in [0.4, 0.5) is 9.18 Å². The number of nitrogens with one attached hydrogen (secondary N) is 2. The number of carbonyl (C=O) groups excluding carboxylic acids is 3. The zero-order chi connectivity index (χ0) is 31.9. The highest BCUT2D eigenvalue weighted by Gasteiger charge is 2.61. The van der Waals surface area contributed by atoms with Crippen molar-refractivity contribution in [3.05, 3.63) is 42.7 Å². The Morgan fingerprint density at radius 1 is 1.16 bits per heavy atom. The molecule has 1 aromatic heterocycles. The number of carboxylic acid groups (broad SMARTS) is 1. The number of aliphatic carboxylic acids is 1. The van der Waals surface area contributed by atoms with Crippen LogP contribution in [-0.2, 0) is 19.1 Å². The third kappa shape index (κ3) is 6.83. The SMILES string of the molecule is C=CC1CC1(NC(=O)C1CC(n2nnc(-c3ccc(F)cc3)n2)CN1C(=O)C(NC(=O)OC(C)(C)C)C(C)(C)C)C(=O)O. The number of amides is 3. The molecule has 2 aliphatic rings. The quantitative estimate of drug-likeness (QED) is 0.386. The molecule has 4 rings (SSSR count). The number of rotatable bonds is 8. The van der Waals surface area contributed by atoms with Gasteiger partial charge in [-0.2, -0.15) is 4.80 Å². The zero-order valence-corrected chi connectivity index (χ0v) is 25.1. The van der Waals surface area contributed by atoms with Crippen LogP contribution in [0.3, 0.4) is 0 Å². The van der Waals surface area contributed by atoms with E-state index in [1.165, 1.54) is 40.0 Å². The predicted octanol–water partition coefficient (Wildman–Crippen LogP) is 2.71. The fraction of sp³-hybridized carbons (Fsp3) is 0.552. The fourth-order valence-corrected chi connectivity index (χ4v) is 5.13. The maximum Gasteiger partial charge on any atom is 0.408 e. The number of tetrazole rings is 1. The monoisotopic (exact) mass is 599 g/mol. The van der Waals surface area contributed by atoms with Crippen LogP contribution in [0.5, 0.6) is 0 Å². The Kier molecular flexibility index (Phi) is 8.35. The maximum absolute atomic E-state index is 14.1. The van der Waals surface area contributed by atoms with Gasteiger partial charge < -0.3 is 25.4 Å². The number of likely N-dealkylation sites (tertiary alicyclic amines) is 1. The average molecular weight is 600 g/mol. The van der Waals surface area contributed by atoms with Crippen molar-refractivity contribution in [3.8, 4) is 11.4 Å². The van der Waals surface area contributed by atoms with Gasteiger partial charge in [-0.25, -0.2) is 14.0 Å². The minimum Gasteiger partial charge on any atom is -0.479 e. The molecule has 3 amide bonds. The van der Waals surface area contributed by atoms with E-state index in [1.807, 2.05) is 0 Å². The lowest BCUT2D eigenvalue weighted by Crippen LogP contribution is -2.59. The first-order chi connectivity index (χ1) is 19.9. The molecule has 1 aromatic carbocycles. The van der Waals surface area contributed by atoms with Crippen molar-refractivity contribution < 1.29 is 33.4 Å². The molecule has 0 bridgehead atoms. The van der Waals surface area contributed by atoms with Crippen molar-refractivity contribution >= 4 is 23.9 Å². The molecule has 232 valence electrons. The second-order valence-electron chi connectivity index (χ2n) is 13.1. The first kappa shape index (κ1) is 31.6. The van der Waals surface area contributed by atoms with Crippen molar-refractivity contribution in [2.45, 2.75) is 83.6 Å². The molecule has 13 nitrogen and oxygen atoms in total. The lowest BCUT2D eigenvalue weighted by atomic mass is 9.85. The number of hydrogen-bond acceptors (Lipinski definition) is 8. The number of alkyl carbamates (subject to hydrolysis) is 1. The topological polar surface area (TPSA) is 169 Å². The van der Waals surface area contributed by atoms with Crippen LogP contribution in [0, 0.1) is 17.2 Å². The van der Waals surface area contributed by atoms with Crippen molar-refractivity contribution in [2.75, 3.05) is 6.54 Å². The molecule has 0 spiro atoms. The lowest BCUT2D eigenvalue weighted by molar-refractivity contribution is -0.146. The van der Waals surface area contributed by atoms with Crippen LogP contribution < -0.4 is 10.6 Å². The number of ether oxygens (including phenoxy) is 1. The molecule has 1 aliphatic heterocycles. The van der Waals surface area contributed by atoms with E-state index in [0.717, 1.165) is 0 Å². The number of carbonyl (C=O) groups is 4. The Morgan fingerprint density at radius 2 is 1.81 bits per heavy atom. The molecule has 2 heterocycles. The van der Waals surface area contributed by atoms with Crippen molar-refractivity contribution in [1.82, 2.24) is 35.7 Å². The maximum atomic E-state index is 14.1. The van der Waals surface area contributed by atoms with Gasteiger partial charge in [0.25, 0.3) is 0 Å². The van der Waals surface area contributed by atoms with E-state index < -0.39 is 70.3 Å². The van der Waals surface area contributed by atoms with Crippen LogP contribution in [0.2, 0.25) is 0 Å². The minimum absolute atomic E-state index is 0.0241. The average Bonchev–Trinajstić information content (AvgIpc) is 3.22. The summed E-state index contributed by atoms with van der Waals surface area (Å²) in [5.74, 6) is -3.06. The summed E-state index contributed by atoms with van der Waals surface area (Å²) in [5, 5.41) is 27.7. The Morgan fingerprint density at radius 3 is 2.35 bits per heavy atom. The van der Waals surface area contributed by atoms with E-state index in [0.29, 0.717) is 5.56 Å². The number of benzene rings is 1. The van der Waals surface area contributed by atoms with Crippen LogP contribution in [0.1, 0.15) is 60.4 Å². The van der Waals surface area contributed by atoms with Gasteiger partial charge in [-0.1, -0.05) is 26.8 Å². The summed E-state index contributed by atoms with van der Waals surface area (Å²) in [6.07, 6.45) is 0.911. The van der Waals surface area contributed by atoms with E-state index in [-0.39, 0.29) is 25.2 Å². The molecule has 1 saturated carbocycles. The molecular weight excluding hydrogens is 561 g/mol. The van der Waals surface area contributed by atoms with Crippen LogP contribution in [0.25, 0.3) is 11.4 Å². The first-order valence-electron chi connectivity index (χ1n) is 14.0. The molecule has 0 radical (unpaired) electrons. The Balaban J connectivity index is 1.64. The van der Waals surface area contributed by atoms with Gasteiger partial charge in [0, 0.05) is 24.4 Å². The molecule has 43 heavy (non-hydrogen) atoms. The molecule has 2 aromatic rings. The van der Waals surface area contributed by atoms with E-state index in [2.05, 4.69) is 32.6 Å². The number of halogens is 1. The predicted molar refractivity (Wildman–Crippen MR) is 152 cm³/mol. The van der Waals surface area contributed by atoms with Gasteiger partial charge in [-0.3, -0.25) is 9.59 Å². The number of hydrogen-bond donors (Lipinski definition) is 3. The van der Waals surface area contributed by atoms with Gasteiger partial charge in [0.15, 0.2) is 0 Å². The Bertz CT molecular complexity index is 1410. The summed E-state index contributed by atoms with van der Waals surface area (Å²) < 4.78 is 18.8. The number of aromatic nitrogens is 4. The zero-order valence-electron chi connectivity index (χ0n) is 25.1. The summed E-state index contributed by atoms with van der Waals surface area (Å²) >= 11 is 0. The summed E-state index contributed by atoms with van der Waals surface area (Å²) in [5.41, 5.74) is -2.59. The molecule has 14 heteroatoms. The van der Waals surface area contributed by atoms with Gasteiger partial charge in [0.2, 0.25) is 17.6 Å². The molecule has 5 atom stereocenters. The van der Waals surface area contributed by atoms with Gasteiger partial charge in [0.05, 0.1) is 6.04 Å².